The van der Waals surface area contributed by atoms with Crippen molar-refractivity contribution < 1.29 is 14.3 Å². The van der Waals surface area contributed by atoms with E-state index in [4.69, 9.17) is 32.7 Å². The minimum atomic E-state index is -0.616. The number of rotatable bonds is 4. The molecule has 1 atom stereocenters. The highest BCUT2D eigenvalue weighted by atomic mass is 35.5. The van der Waals surface area contributed by atoms with Gasteiger partial charge in [0.25, 0.3) is 0 Å². The number of amides is 1. The fourth-order valence-corrected chi connectivity index (χ4v) is 4.10. The summed E-state index contributed by atoms with van der Waals surface area (Å²) in [5.74, 6) is 0. The molecule has 1 aliphatic rings. The van der Waals surface area contributed by atoms with Gasteiger partial charge in [-0.15, -0.1) is 0 Å². The van der Waals surface area contributed by atoms with Gasteiger partial charge >= 0.3 is 6.09 Å². The summed E-state index contributed by atoms with van der Waals surface area (Å²) >= 11 is 12.8. The third-order valence-corrected chi connectivity index (χ3v) is 5.96. The van der Waals surface area contributed by atoms with Gasteiger partial charge < -0.3 is 14.5 Å². The Kier molecular flexibility index (Phi) is 6.29. The van der Waals surface area contributed by atoms with Gasteiger partial charge in [0.15, 0.2) is 0 Å². The van der Waals surface area contributed by atoms with Crippen LogP contribution in [0.15, 0.2) is 24.7 Å². The van der Waals surface area contributed by atoms with Crippen molar-refractivity contribution in [1.29, 1.82) is 0 Å². The number of fused-ring (bicyclic) bond motifs is 1. The Bertz CT molecular complexity index is 1130. The van der Waals surface area contributed by atoms with Crippen LogP contribution < -0.4 is 5.43 Å². The zero-order valence-corrected chi connectivity index (χ0v) is 20.0. The number of aromatic amines is 1. The first-order valence-corrected chi connectivity index (χ1v) is 11.3. The average Bonchev–Trinajstić information content (AvgIpc) is 3.38. The maximum absolute atomic E-state index is 12.5. The molecule has 1 amide bonds. The summed E-state index contributed by atoms with van der Waals surface area (Å²) in [5, 5.41) is 7.35. The van der Waals surface area contributed by atoms with Crippen LogP contribution in [-0.4, -0.2) is 45.1 Å². The molecule has 2 N–H and O–H groups in total. The molecule has 1 saturated heterocycles. The van der Waals surface area contributed by atoms with E-state index in [1.165, 1.54) is 5.01 Å². The molecular formula is C22H27Cl2N5O3. The molecule has 0 aliphatic carbocycles. The normalized spacial score (nSPS) is 16.9. The van der Waals surface area contributed by atoms with Gasteiger partial charge in [-0.1, -0.05) is 23.2 Å². The molecule has 1 aliphatic heterocycles. The van der Waals surface area contributed by atoms with Crippen LogP contribution >= 0.6 is 23.2 Å². The molecule has 2 aromatic heterocycles. The number of aromatic nitrogens is 3. The summed E-state index contributed by atoms with van der Waals surface area (Å²) in [6.07, 6.45) is 8.16. The first-order valence-electron chi connectivity index (χ1n) is 10.5. The summed E-state index contributed by atoms with van der Waals surface area (Å²) in [6.45, 7) is 6.18. The SMILES string of the molecule is CN(Nc1cc(Cl)c(Cl)c2[nH]cc(-c3cnn(C4CCCCO4)c3)c12)C(=O)OC(C)(C)C. The highest BCUT2D eigenvalue weighted by molar-refractivity contribution is 6.46. The summed E-state index contributed by atoms with van der Waals surface area (Å²) in [7, 11) is 1.59. The number of benzene rings is 1. The topological polar surface area (TPSA) is 84.4 Å². The van der Waals surface area contributed by atoms with Gasteiger partial charge in [-0.2, -0.15) is 5.10 Å². The van der Waals surface area contributed by atoms with Crippen molar-refractivity contribution in [1.82, 2.24) is 19.8 Å². The van der Waals surface area contributed by atoms with Crippen LogP contribution in [0.1, 0.15) is 46.3 Å². The van der Waals surface area contributed by atoms with Crippen LogP contribution in [0.5, 0.6) is 0 Å². The van der Waals surface area contributed by atoms with E-state index in [0.29, 0.717) is 21.2 Å². The van der Waals surface area contributed by atoms with Crippen LogP contribution in [0.2, 0.25) is 10.0 Å². The first-order chi connectivity index (χ1) is 15.1. The predicted molar refractivity (Wildman–Crippen MR) is 126 cm³/mol. The Labute approximate surface area is 196 Å². The van der Waals surface area contributed by atoms with Crippen molar-refractivity contribution in [2.75, 3.05) is 19.1 Å². The number of ether oxygens (including phenoxy) is 2. The molecule has 32 heavy (non-hydrogen) atoms. The molecule has 0 radical (unpaired) electrons. The van der Waals surface area contributed by atoms with E-state index in [1.54, 1.807) is 19.3 Å². The molecule has 1 fully saturated rings. The lowest BCUT2D eigenvalue weighted by molar-refractivity contribution is -0.0394. The first kappa shape index (κ1) is 22.8. The lowest BCUT2D eigenvalue weighted by Crippen LogP contribution is -2.37. The summed E-state index contributed by atoms with van der Waals surface area (Å²) in [4.78, 5) is 15.7. The monoisotopic (exact) mass is 479 g/mol. The molecule has 0 saturated carbocycles. The van der Waals surface area contributed by atoms with Crippen LogP contribution in [0, 0.1) is 0 Å². The minimum Gasteiger partial charge on any atom is -0.442 e. The quantitative estimate of drug-likeness (QED) is 0.433. The Morgan fingerprint density at radius 2 is 2.16 bits per heavy atom. The summed E-state index contributed by atoms with van der Waals surface area (Å²) < 4.78 is 13.1. The number of halogens is 2. The Hall–Kier alpha value is -2.42. The molecule has 1 aromatic carbocycles. The van der Waals surface area contributed by atoms with Crippen molar-refractivity contribution in [3.8, 4) is 11.1 Å². The highest BCUT2D eigenvalue weighted by Crippen LogP contribution is 2.41. The third kappa shape index (κ3) is 4.67. The highest BCUT2D eigenvalue weighted by Gasteiger charge is 2.23. The molecule has 1 unspecified atom stereocenters. The Morgan fingerprint density at radius 1 is 1.38 bits per heavy atom. The molecule has 8 nitrogen and oxygen atoms in total. The number of carbonyl (C=O) groups is 1. The average molecular weight is 480 g/mol. The lowest BCUT2D eigenvalue weighted by Gasteiger charge is -2.26. The Morgan fingerprint density at radius 3 is 2.84 bits per heavy atom. The number of carbonyl (C=O) groups excluding carboxylic acids is 1. The number of H-pyrrole nitrogens is 1. The summed E-state index contributed by atoms with van der Waals surface area (Å²) in [6, 6.07) is 1.69. The molecular weight excluding hydrogens is 453 g/mol. The maximum Gasteiger partial charge on any atom is 0.428 e. The number of nitrogens with one attached hydrogen (secondary N) is 2. The second-order valence-electron chi connectivity index (χ2n) is 8.85. The number of hydrogen-bond acceptors (Lipinski definition) is 5. The van der Waals surface area contributed by atoms with Crippen molar-refractivity contribution >= 4 is 45.9 Å². The van der Waals surface area contributed by atoms with E-state index in [0.717, 1.165) is 42.4 Å². The number of anilines is 1. The molecule has 0 spiro atoms. The number of hydrazine groups is 1. The number of nitrogens with zero attached hydrogens (tertiary/aromatic N) is 3. The minimum absolute atomic E-state index is 0.0587. The van der Waals surface area contributed by atoms with Crippen LogP contribution in [0.4, 0.5) is 10.5 Å². The van der Waals surface area contributed by atoms with Gasteiger partial charge in [-0.25, -0.2) is 14.5 Å². The largest absolute Gasteiger partial charge is 0.442 e. The maximum atomic E-state index is 12.5. The van der Waals surface area contributed by atoms with E-state index >= 15 is 0 Å². The second-order valence-corrected chi connectivity index (χ2v) is 9.64. The van der Waals surface area contributed by atoms with Gasteiger partial charge in [0, 0.05) is 42.6 Å². The van der Waals surface area contributed by atoms with Crippen LogP contribution in [0.25, 0.3) is 22.0 Å². The van der Waals surface area contributed by atoms with Crippen LogP contribution in [0.3, 0.4) is 0 Å². The molecule has 3 aromatic rings. The van der Waals surface area contributed by atoms with Gasteiger partial charge in [-0.3, -0.25) is 5.43 Å². The summed E-state index contributed by atoms with van der Waals surface area (Å²) in [5.41, 5.74) is 5.51. The molecule has 10 heteroatoms. The van der Waals surface area contributed by atoms with E-state index in [2.05, 4.69) is 15.5 Å². The van der Waals surface area contributed by atoms with E-state index < -0.39 is 11.7 Å². The van der Waals surface area contributed by atoms with Crippen molar-refractivity contribution in [3.05, 3.63) is 34.7 Å². The molecule has 4 rings (SSSR count). The van der Waals surface area contributed by atoms with E-state index in [9.17, 15) is 4.79 Å². The second kappa shape index (κ2) is 8.84. The standard InChI is InChI=1S/C22H27Cl2N5O3/c1-22(2,3)32-21(30)28(4)27-16-9-15(23)19(24)20-18(16)14(11-25-20)13-10-26-29(12-13)17-7-5-6-8-31-17/h9-12,17,25,27H,5-8H2,1-4H3. The fraction of sp³-hybridized carbons (Fsp3) is 0.455. The third-order valence-electron chi connectivity index (χ3n) is 5.17. The van der Waals surface area contributed by atoms with Crippen LogP contribution in [-0.2, 0) is 9.47 Å². The molecule has 3 heterocycles. The zero-order chi connectivity index (χ0) is 23.0. The van der Waals surface area contributed by atoms with Gasteiger partial charge in [0.1, 0.15) is 11.8 Å². The number of hydrogen-bond donors (Lipinski definition) is 2. The zero-order valence-electron chi connectivity index (χ0n) is 18.5. The molecule has 0 bridgehead atoms. The Balaban J connectivity index is 1.70. The lowest BCUT2D eigenvalue weighted by atomic mass is 10.1. The van der Waals surface area contributed by atoms with E-state index in [1.807, 2.05) is 37.8 Å². The molecule has 172 valence electrons. The smallest absolute Gasteiger partial charge is 0.428 e. The van der Waals surface area contributed by atoms with Crippen molar-refractivity contribution in [3.63, 3.8) is 0 Å². The van der Waals surface area contributed by atoms with Gasteiger partial charge in [0.2, 0.25) is 0 Å². The van der Waals surface area contributed by atoms with Gasteiger partial charge in [-0.05, 0) is 46.1 Å². The fourth-order valence-electron chi connectivity index (χ4n) is 3.70. The van der Waals surface area contributed by atoms with Crippen molar-refractivity contribution in [2.45, 2.75) is 51.9 Å². The predicted octanol–water partition coefficient (Wildman–Crippen LogP) is 6.23. The van der Waals surface area contributed by atoms with Gasteiger partial charge in [0.05, 0.1) is 27.4 Å². The van der Waals surface area contributed by atoms with E-state index in [-0.39, 0.29) is 6.23 Å². The van der Waals surface area contributed by atoms with Crippen molar-refractivity contribution in [2.24, 2.45) is 0 Å².